The van der Waals surface area contributed by atoms with Crippen molar-refractivity contribution < 1.29 is 17.6 Å². The second-order valence-electron chi connectivity index (χ2n) is 6.02. The van der Waals surface area contributed by atoms with E-state index in [0.29, 0.717) is 5.69 Å². The quantitative estimate of drug-likeness (QED) is 0.639. The number of benzene rings is 2. The molecule has 0 aliphatic carbocycles. The standard InChI is InChI=1S/C20H18FN3O3S/c21-17-10-4-5-11-19(17)28(26,27)24-18(13-15-7-2-1-3-8-15)20(25)23-16-9-6-12-22-14-16/h1-12,14,18,24H,13H2,(H,23,25)/t18-/m0/s1. The van der Waals surface area contributed by atoms with Gasteiger partial charge in [0.2, 0.25) is 15.9 Å². The van der Waals surface area contributed by atoms with Gasteiger partial charge in [0.05, 0.1) is 11.9 Å². The van der Waals surface area contributed by atoms with E-state index in [2.05, 4.69) is 15.0 Å². The van der Waals surface area contributed by atoms with E-state index in [0.717, 1.165) is 17.7 Å². The number of sulfonamides is 1. The third kappa shape index (κ3) is 4.99. The molecule has 0 radical (unpaired) electrons. The average molecular weight is 399 g/mol. The zero-order valence-electron chi connectivity index (χ0n) is 14.7. The number of pyridine rings is 1. The number of rotatable bonds is 7. The lowest BCUT2D eigenvalue weighted by Crippen LogP contribution is -2.45. The van der Waals surface area contributed by atoms with Crippen molar-refractivity contribution >= 4 is 21.6 Å². The Morgan fingerprint density at radius 2 is 1.71 bits per heavy atom. The molecule has 0 bridgehead atoms. The smallest absolute Gasteiger partial charge is 0.244 e. The molecular weight excluding hydrogens is 381 g/mol. The lowest BCUT2D eigenvalue weighted by atomic mass is 10.1. The first-order chi connectivity index (χ1) is 13.5. The van der Waals surface area contributed by atoms with E-state index in [1.807, 2.05) is 6.07 Å². The summed E-state index contributed by atoms with van der Waals surface area (Å²) in [6, 6.07) is 16.1. The number of hydrogen-bond donors (Lipinski definition) is 2. The molecule has 8 heteroatoms. The summed E-state index contributed by atoms with van der Waals surface area (Å²) in [7, 11) is -4.25. The maximum Gasteiger partial charge on any atom is 0.244 e. The largest absolute Gasteiger partial charge is 0.323 e. The molecule has 0 fully saturated rings. The van der Waals surface area contributed by atoms with Crippen LogP contribution in [0.5, 0.6) is 0 Å². The number of nitrogens with zero attached hydrogens (tertiary/aromatic N) is 1. The highest BCUT2D eigenvalue weighted by atomic mass is 32.2. The Bertz CT molecular complexity index is 1040. The van der Waals surface area contributed by atoms with Gasteiger partial charge in [-0.1, -0.05) is 42.5 Å². The number of hydrogen-bond acceptors (Lipinski definition) is 4. The van der Waals surface area contributed by atoms with Gasteiger partial charge in [0.15, 0.2) is 0 Å². The molecule has 1 atom stereocenters. The molecule has 0 aliphatic rings. The van der Waals surface area contributed by atoms with Crippen LogP contribution in [0.2, 0.25) is 0 Å². The molecule has 3 aromatic rings. The molecular formula is C20H18FN3O3S. The van der Waals surface area contributed by atoms with Crippen LogP contribution in [0.4, 0.5) is 10.1 Å². The lowest BCUT2D eigenvalue weighted by molar-refractivity contribution is -0.117. The highest BCUT2D eigenvalue weighted by Gasteiger charge is 2.28. The Hall–Kier alpha value is -3.10. The molecule has 1 aromatic heterocycles. The molecule has 3 rings (SSSR count). The number of halogens is 1. The summed E-state index contributed by atoms with van der Waals surface area (Å²) in [5.41, 5.74) is 1.18. The summed E-state index contributed by atoms with van der Waals surface area (Å²) in [5.74, 6) is -1.46. The molecule has 2 N–H and O–H groups in total. The summed E-state index contributed by atoms with van der Waals surface area (Å²) in [6.45, 7) is 0. The van der Waals surface area contributed by atoms with Gasteiger partial charge in [-0.25, -0.2) is 12.8 Å². The first kappa shape index (κ1) is 19.7. The zero-order valence-corrected chi connectivity index (χ0v) is 15.6. The van der Waals surface area contributed by atoms with Crippen molar-refractivity contribution in [1.82, 2.24) is 9.71 Å². The molecule has 1 heterocycles. The van der Waals surface area contributed by atoms with Crippen LogP contribution in [0.3, 0.4) is 0 Å². The van der Waals surface area contributed by atoms with Gasteiger partial charge in [0.25, 0.3) is 0 Å². The molecule has 0 spiro atoms. The molecule has 0 unspecified atom stereocenters. The van der Waals surface area contributed by atoms with Crippen LogP contribution in [0, 0.1) is 5.82 Å². The van der Waals surface area contributed by atoms with Crippen molar-refractivity contribution in [3.8, 4) is 0 Å². The van der Waals surface area contributed by atoms with Crippen molar-refractivity contribution in [2.24, 2.45) is 0 Å². The monoisotopic (exact) mass is 399 g/mol. The fourth-order valence-electron chi connectivity index (χ4n) is 2.62. The molecule has 0 saturated carbocycles. The van der Waals surface area contributed by atoms with E-state index >= 15 is 0 Å². The normalized spacial score (nSPS) is 12.3. The topological polar surface area (TPSA) is 88.2 Å². The zero-order chi connectivity index (χ0) is 20.0. The molecule has 144 valence electrons. The van der Waals surface area contributed by atoms with Crippen LogP contribution in [0.25, 0.3) is 0 Å². The van der Waals surface area contributed by atoms with E-state index in [1.165, 1.54) is 18.3 Å². The number of nitrogens with one attached hydrogen (secondary N) is 2. The van der Waals surface area contributed by atoms with E-state index in [4.69, 9.17) is 0 Å². The lowest BCUT2D eigenvalue weighted by Gasteiger charge is -2.19. The van der Waals surface area contributed by atoms with Gasteiger partial charge in [0.1, 0.15) is 16.8 Å². The Balaban J connectivity index is 1.87. The molecule has 0 saturated heterocycles. The average Bonchev–Trinajstić information content (AvgIpc) is 2.69. The van der Waals surface area contributed by atoms with Crippen LogP contribution < -0.4 is 10.0 Å². The second-order valence-corrected chi connectivity index (χ2v) is 7.71. The van der Waals surface area contributed by atoms with Gasteiger partial charge in [-0.3, -0.25) is 9.78 Å². The van der Waals surface area contributed by atoms with Gasteiger partial charge >= 0.3 is 0 Å². The maximum absolute atomic E-state index is 14.0. The molecule has 28 heavy (non-hydrogen) atoms. The molecule has 0 aliphatic heterocycles. The van der Waals surface area contributed by atoms with E-state index in [1.54, 1.807) is 42.6 Å². The minimum atomic E-state index is -4.25. The van der Waals surface area contributed by atoms with Crippen molar-refractivity contribution in [1.29, 1.82) is 0 Å². The van der Waals surface area contributed by atoms with Crippen molar-refractivity contribution in [2.75, 3.05) is 5.32 Å². The summed E-state index contributed by atoms with van der Waals surface area (Å²) in [4.78, 5) is 16.2. The fourth-order valence-corrected chi connectivity index (χ4v) is 3.89. The maximum atomic E-state index is 14.0. The number of aromatic nitrogens is 1. The molecule has 2 aromatic carbocycles. The second kappa shape index (κ2) is 8.73. The molecule has 6 nitrogen and oxygen atoms in total. The van der Waals surface area contributed by atoms with Gasteiger partial charge in [-0.15, -0.1) is 0 Å². The van der Waals surface area contributed by atoms with Crippen molar-refractivity contribution in [3.63, 3.8) is 0 Å². The minimum Gasteiger partial charge on any atom is -0.323 e. The Morgan fingerprint density at radius 3 is 2.39 bits per heavy atom. The predicted molar refractivity (Wildman–Crippen MR) is 104 cm³/mol. The van der Waals surface area contributed by atoms with E-state index in [-0.39, 0.29) is 6.42 Å². The predicted octanol–water partition coefficient (Wildman–Crippen LogP) is 2.75. The first-order valence-corrected chi connectivity index (χ1v) is 9.96. The Morgan fingerprint density at radius 1 is 1.00 bits per heavy atom. The number of amides is 1. The van der Waals surface area contributed by atoms with E-state index < -0.39 is 32.7 Å². The van der Waals surface area contributed by atoms with Crippen LogP contribution in [0.1, 0.15) is 5.56 Å². The van der Waals surface area contributed by atoms with Gasteiger partial charge in [-0.05, 0) is 36.2 Å². The minimum absolute atomic E-state index is 0.0978. The number of anilines is 1. The fraction of sp³-hybridized carbons (Fsp3) is 0.100. The highest BCUT2D eigenvalue weighted by molar-refractivity contribution is 7.89. The third-order valence-electron chi connectivity index (χ3n) is 3.95. The SMILES string of the molecule is O=C(Nc1cccnc1)[C@H](Cc1ccccc1)NS(=O)(=O)c1ccccc1F. The Labute approximate surface area is 162 Å². The first-order valence-electron chi connectivity index (χ1n) is 8.47. The van der Waals surface area contributed by atoms with Gasteiger partial charge in [-0.2, -0.15) is 4.72 Å². The van der Waals surface area contributed by atoms with Crippen molar-refractivity contribution in [2.45, 2.75) is 17.4 Å². The van der Waals surface area contributed by atoms with Crippen LogP contribution in [-0.4, -0.2) is 25.4 Å². The Kier molecular flexibility index (Phi) is 6.13. The number of carbonyl (C=O) groups excluding carboxylic acids is 1. The summed E-state index contributed by atoms with van der Waals surface area (Å²) < 4.78 is 41.6. The molecule has 1 amide bonds. The summed E-state index contributed by atoms with van der Waals surface area (Å²) in [6.07, 6.45) is 3.10. The number of carbonyl (C=O) groups is 1. The van der Waals surface area contributed by atoms with Crippen LogP contribution >= 0.6 is 0 Å². The third-order valence-corrected chi connectivity index (χ3v) is 5.46. The van der Waals surface area contributed by atoms with Crippen LogP contribution in [0.15, 0.2) is 84.0 Å². The van der Waals surface area contributed by atoms with E-state index in [9.17, 15) is 17.6 Å². The summed E-state index contributed by atoms with van der Waals surface area (Å²) >= 11 is 0. The van der Waals surface area contributed by atoms with Gasteiger partial charge in [0, 0.05) is 6.20 Å². The van der Waals surface area contributed by atoms with Gasteiger partial charge < -0.3 is 5.32 Å². The van der Waals surface area contributed by atoms with Crippen LogP contribution in [-0.2, 0) is 21.2 Å². The highest BCUT2D eigenvalue weighted by Crippen LogP contribution is 2.16. The van der Waals surface area contributed by atoms with Crippen molar-refractivity contribution in [3.05, 3.63) is 90.5 Å². The summed E-state index contributed by atoms with van der Waals surface area (Å²) in [5, 5.41) is 2.63.